The first kappa shape index (κ1) is 15.1. The predicted octanol–water partition coefficient (Wildman–Crippen LogP) is 2.89. The second-order valence-corrected chi connectivity index (χ2v) is 6.47. The van der Waals surface area contributed by atoms with Gasteiger partial charge in [0.15, 0.2) is 0 Å². The zero-order valence-electron chi connectivity index (χ0n) is 11.8. The summed E-state index contributed by atoms with van der Waals surface area (Å²) in [5.74, 6) is 2.58. The van der Waals surface area contributed by atoms with E-state index in [9.17, 15) is 13.2 Å². The molecule has 0 saturated heterocycles. The molecule has 0 spiro atoms. The molecule has 0 aliphatic heterocycles. The first-order chi connectivity index (χ1) is 8.85. The van der Waals surface area contributed by atoms with Crippen molar-refractivity contribution in [3.63, 3.8) is 0 Å². The lowest BCUT2D eigenvalue weighted by Gasteiger charge is -2.31. The number of nitrogens with one attached hydrogen (secondary N) is 1. The molecule has 112 valence electrons. The van der Waals surface area contributed by atoms with Crippen LogP contribution >= 0.6 is 0 Å². The summed E-state index contributed by atoms with van der Waals surface area (Å²) >= 11 is 0. The highest BCUT2D eigenvalue weighted by Crippen LogP contribution is 2.48. The summed E-state index contributed by atoms with van der Waals surface area (Å²) in [6.45, 7) is 2.54. The lowest BCUT2D eigenvalue weighted by atomic mass is 9.88. The molecule has 2 aliphatic carbocycles. The molecule has 4 atom stereocenters. The minimum atomic E-state index is -4.11. The van der Waals surface area contributed by atoms with Crippen molar-refractivity contribution in [2.24, 2.45) is 17.8 Å². The van der Waals surface area contributed by atoms with E-state index in [2.05, 4.69) is 10.2 Å². The summed E-state index contributed by atoms with van der Waals surface area (Å²) in [5.41, 5.74) is 0. The third-order valence-electron chi connectivity index (χ3n) is 4.92. The molecule has 0 aromatic carbocycles. The van der Waals surface area contributed by atoms with E-state index >= 15 is 0 Å². The molecular weight excluding hydrogens is 253 g/mol. The minimum absolute atomic E-state index is 0.154. The summed E-state index contributed by atoms with van der Waals surface area (Å²) in [6, 6.07) is 0.154. The van der Waals surface area contributed by atoms with Gasteiger partial charge in [0.05, 0.1) is 6.54 Å². The Labute approximate surface area is 113 Å². The number of rotatable bonds is 6. The maximum absolute atomic E-state index is 12.1. The maximum Gasteiger partial charge on any atom is 0.401 e. The highest BCUT2D eigenvalue weighted by atomic mass is 19.4. The third kappa shape index (κ3) is 4.35. The van der Waals surface area contributed by atoms with Gasteiger partial charge in [0.1, 0.15) is 0 Å². The van der Waals surface area contributed by atoms with Gasteiger partial charge in [0.25, 0.3) is 0 Å². The Kier molecular flexibility index (Phi) is 4.77. The molecule has 0 radical (unpaired) electrons. The molecule has 0 aromatic heterocycles. The van der Waals surface area contributed by atoms with Gasteiger partial charge in [-0.15, -0.1) is 0 Å². The Morgan fingerprint density at radius 1 is 1.26 bits per heavy atom. The van der Waals surface area contributed by atoms with Crippen LogP contribution in [0.3, 0.4) is 0 Å². The minimum Gasteiger partial charge on any atom is -0.307 e. The summed E-state index contributed by atoms with van der Waals surface area (Å²) in [5, 5.41) is 2.50. The fourth-order valence-electron chi connectivity index (χ4n) is 3.73. The third-order valence-corrected chi connectivity index (χ3v) is 4.92. The molecule has 4 unspecified atom stereocenters. The van der Waals surface area contributed by atoms with Crippen LogP contribution in [0, 0.1) is 17.8 Å². The zero-order valence-corrected chi connectivity index (χ0v) is 11.8. The van der Waals surface area contributed by atoms with E-state index in [-0.39, 0.29) is 6.04 Å². The number of hydrogen-bond acceptors (Lipinski definition) is 2. The van der Waals surface area contributed by atoms with Crippen LogP contribution in [0.25, 0.3) is 0 Å². The molecule has 19 heavy (non-hydrogen) atoms. The monoisotopic (exact) mass is 278 g/mol. The van der Waals surface area contributed by atoms with Crippen molar-refractivity contribution in [3.05, 3.63) is 0 Å². The SMILES string of the molecule is CC(CNCC(F)(F)F)N(C)CC1CC2CCC1C2. The van der Waals surface area contributed by atoms with Gasteiger partial charge in [-0.05, 0) is 51.0 Å². The molecule has 0 amide bonds. The number of nitrogens with zero attached hydrogens (tertiary/aromatic N) is 1. The van der Waals surface area contributed by atoms with Crippen LogP contribution in [0.1, 0.15) is 32.6 Å². The number of halogens is 3. The van der Waals surface area contributed by atoms with Crippen LogP contribution in [0.5, 0.6) is 0 Å². The van der Waals surface area contributed by atoms with Crippen LogP contribution in [-0.4, -0.2) is 43.8 Å². The summed E-state index contributed by atoms with van der Waals surface area (Å²) in [6.07, 6.45) is 1.37. The zero-order chi connectivity index (χ0) is 14.0. The van der Waals surface area contributed by atoms with Gasteiger partial charge in [-0.3, -0.25) is 0 Å². The second kappa shape index (κ2) is 6.00. The highest BCUT2D eigenvalue weighted by Gasteiger charge is 2.39. The molecule has 2 nitrogen and oxygen atoms in total. The number of alkyl halides is 3. The van der Waals surface area contributed by atoms with E-state index in [1.165, 1.54) is 25.7 Å². The molecule has 1 N–H and O–H groups in total. The van der Waals surface area contributed by atoms with E-state index in [1.54, 1.807) is 0 Å². The lowest BCUT2D eigenvalue weighted by Crippen LogP contribution is -2.43. The summed E-state index contributed by atoms with van der Waals surface area (Å²) < 4.78 is 36.2. The van der Waals surface area contributed by atoms with Crippen molar-refractivity contribution < 1.29 is 13.2 Å². The largest absolute Gasteiger partial charge is 0.401 e. The Balaban J connectivity index is 1.66. The van der Waals surface area contributed by atoms with Gasteiger partial charge in [0, 0.05) is 19.1 Å². The number of fused-ring (bicyclic) bond motifs is 2. The highest BCUT2D eigenvalue weighted by molar-refractivity contribution is 4.91. The topological polar surface area (TPSA) is 15.3 Å². The van der Waals surface area contributed by atoms with E-state index in [1.807, 2.05) is 14.0 Å². The van der Waals surface area contributed by atoms with Crippen LogP contribution in [0.4, 0.5) is 13.2 Å². The van der Waals surface area contributed by atoms with Crippen LogP contribution in [-0.2, 0) is 0 Å². The fraction of sp³-hybridized carbons (Fsp3) is 1.00. The number of likely N-dealkylation sites (N-methyl/N-ethyl adjacent to an activating group) is 1. The van der Waals surface area contributed by atoms with Crippen molar-refractivity contribution in [2.45, 2.75) is 44.8 Å². The smallest absolute Gasteiger partial charge is 0.307 e. The Morgan fingerprint density at radius 2 is 2.00 bits per heavy atom. The molecule has 5 heteroatoms. The molecular formula is C14H25F3N2. The Bertz CT molecular complexity index is 293. The first-order valence-electron chi connectivity index (χ1n) is 7.33. The van der Waals surface area contributed by atoms with E-state index < -0.39 is 12.7 Å². The van der Waals surface area contributed by atoms with Crippen LogP contribution in [0.2, 0.25) is 0 Å². The van der Waals surface area contributed by atoms with Gasteiger partial charge in [-0.2, -0.15) is 13.2 Å². The van der Waals surface area contributed by atoms with Gasteiger partial charge in [-0.25, -0.2) is 0 Å². The van der Waals surface area contributed by atoms with E-state index in [0.29, 0.717) is 6.54 Å². The molecule has 0 heterocycles. The van der Waals surface area contributed by atoms with Gasteiger partial charge in [0.2, 0.25) is 0 Å². The molecule has 0 aromatic rings. The van der Waals surface area contributed by atoms with Crippen LogP contribution in [0.15, 0.2) is 0 Å². The van der Waals surface area contributed by atoms with E-state index in [0.717, 1.165) is 24.3 Å². The number of hydrogen-bond donors (Lipinski definition) is 1. The molecule has 2 bridgehead atoms. The lowest BCUT2D eigenvalue weighted by molar-refractivity contribution is -0.125. The first-order valence-corrected chi connectivity index (χ1v) is 7.33. The van der Waals surface area contributed by atoms with Crippen molar-refractivity contribution in [2.75, 3.05) is 26.7 Å². The predicted molar refractivity (Wildman–Crippen MR) is 70.0 cm³/mol. The maximum atomic E-state index is 12.1. The molecule has 2 aliphatic rings. The van der Waals surface area contributed by atoms with Crippen molar-refractivity contribution in [1.82, 2.24) is 10.2 Å². The van der Waals surface area contributed by atoms with Gasteiger partial charge in [-0.1, -0.05) is 6.42 Å². The quantitative estimate of drug-likeness (QED) is 0.803. The van der Waals surface area contributed by atoms with Crippen molar-refractivity contribution in [3.8, 4) is 0 Å². The Morgan fingerprint density at radius 3 is 2.53 bits per heavy atom. The second-order valence-electron chi connectivity index (χ2n) is 6.47. The fourth-order valence-corrected chi connectivity index (χ4v) is 3.73. The summed E-state index contributed by atoms with van der Waals surface area (Å²) in [7, 11) is 2.03. The standard InChI is InChI=1S/C14H25F3N2/c1-10(7-18-9-14(15,16)17)19(2)8-13-6-11-3-4-12(13)5-11/h10-13,18H,3-9H2,1-2H3. The molecule has 2 saturated carbocycles. The normalized spacial score (nSPS) is 32.2. The average molecular weight is 278 g/mol. The molecule has 2 rings (SSSR count). The Hall–Kier alpha value is -0.290. The molecule has 2 fully saturated rings. The van der Waals surface area contributed by atoms with Gasteiger partial charge < -0.3 is 10.2 Å². The van der Waals surface area contributed by atoms with Crippen molar-refractivity contribution in [1.29, 1.82) is 0 Å². The summed E-state index contributed by atoms with van der Waals surface area (Å²) in [4.78, 5) is 2.22. The van der Waals surface area contributed by atoms with Crippen LogP contribution < -0.4 is 5.32 Å². The average Bonchev–Trinajstić information content (AvgIpc) is 2.88. The van der Waals surface area contributed by atoms with Crippen molar-refractivity contribution >= 4 is 0 Å². The van der Waals surface area contributed by atoms with Gasteiger partial charge >= 0.3 is 6.18 Å². The van der Waals surface area contributed by atoms with E-state index in [4.69, 9.17) is 0 Å².